The van der Waals surface area contributed by atoms with Crippen molar-refractivity contribution in [1.82, 2.24) is 0 Å². The van der Waals surface area contributed by atoms with Crippen LogP contribution in [0.25, 0.3) is 5.57 Å². The molecule has 0 bridgehead atoms. The highest BCUT2D eigenvalue weighted by Gasteiger charge is 2.18. The Morgan fingerprint density at radius 1 is 0.682 bits per heavy atom. The topological polar surface area (TPSA) is 12.0 Å². The Hall–Kier alpha value is -2.80. The molecule has 22 heavy (non-hydrogen) atoms. The average molecular weight is 283 g/mol. The lowest BCUT2D eigenvalue weighted by atomic mass is 9.98. The van der Waals surface area contributed by atoms with Gasteiger partial charge >= 0.3 is 0 Å². The van der Waals surface area contributed by atoms with E-state index in [-0.39, 0.29) is 0 Å². The minimum absolute atomic E-state index is 0.982. The number of rotatable bonds is 3. The lowest BCUT2D eigenvalue weighted by molar-refractivity contribution is 1.30. The van der Waals surface area contributed by atoms with Gasteiger partial charge in [0.05, 0.1) is 0 Å². The molecule has 0 fully saturated rings. The molecule has 0 aromatic heterocycles. The fourth-order valence-electron chi connectivity index (χ4n) is 3.06. The molecular formula is C21H17N. The first kappa shape index (κ1) is 12.9. The second kappa shape index (κ2) is 5.53. The van der Waals surface area contributed by atoms with E-state index in [1.165, 1.54) is 28.0 Å². The Morgan fingerprint density at radius 3 is 2.18 bits per heavy atom. The summed E-state index contributed by atoms with van der Waals surface area (Å²) in [4.78, 5) is 0. The van der Waals surface area contributed by atoms with Gasteiger partial charge in [-0.3, -0.25) is 0 Å². The van der Waals surface area contributed by atoms with Crippen molar-refractivity contribution in [1.29, 1.82) is 0 Å². The molecule has 4 rings (SSSR count). The largest absolute Gasteiger partial charge is 0.355 e. The first-order chi connectivity index (χ1) is 10.9. The van der Waals surface area contributed by atoms with E-state index in [0.29, 0.717) is 0 Å². The van der Waals surface area contributed by atoms with Crippen LogP contribution in [0, 0.1) is 0 Å². The fourth-order valence-corrected chi connectivity index (χ4v) is 3.06. The second-order valence-electron chi connectivity index (χ2n) is 5.51. The molecule has 0 radical (unpaired) electrons. The highest BCUT2D eigenvalue weighted by molar-refractivity contribution is 5.88. The Morgan fingerprint density at radius 2 is 1.41 bits per heavy atom. The second-order valence-corrected chi connectivity index (χ2v) is 5.51. The number of anilines is 2. The number of fused-ring (bicyclic) bond motifs is 1. The fraction of sp³-hybridized carbons (Fsp3) is 0.0476. The molecular weight excluding hydrogens is 266 g/mol. The van der Waals surface area contributed by atoms with E-state index in [9.17, 15) is 0 Å². The van der Waals surface area contributed by atoms with Gasteiger partial charge in [0.25, 0.3) is 0 Å². The number of allylic oxidation sites excluding steroid dienone is 1. The van der Waals surface area contributed by atoms with E-state index < -0.39 is 0 Å². The molecule has 0 aliphatic heterocycles. The highest BCUT2D eigenvalue weighted by Crippen LogP contribution is 2.37. The lowest BCUT2D eigenvalue weighted by Crippen LogP contribution is -1.96. The van der Waals surface area contributed by atoms with Crippen molar-refractivity contribution in [3.05, 3.63) is 102 Å². The van der Waals surface area contributed by atoms with Gasteiger partial charge in [-0.1, -0.05) is 66.7 Å². The minimum Gasteiger partial charge on any atom is -0.355 e. The smallest absolute Gasteiger partial charge is 0.0426 e. The van der Waals surface area contributed by atoms with E-state index >= 15 is 0 Å². The third kappa shape index (κ3) is 2.31. The molecule has 106 valence electrons. The average Bonchev–Trinajstić information content (AvgIpc) is 3.02. The third-order valence-corrected chi connectivity index (χ3v) is 4.11. The molecule has 3 aromatic carbocycles. The van der Waals surface area contributed by atoms with E-state index in [1.54, 1.807) is 0 Å². The number of para-hydroxylation sites is 1. The van der Waals surface area contributed by atoms with Crippen molar-refractivity contribution in [2.45, 2.75) is 6.42 Å². The van der Waals surface area contributed by atoms with Gasteiger partial charge in [0.2, 0.25) is 0 Å². The maximum Gasteiger partial charge on any atom is 0.0426 e. The van der Waals surface area contributed by atoms with Crippen molar-refractivity contribution in [3.8, 4) is 0 Å². The van der Waals surface area contributed by atoms with E-state index in [1.807, 2.05) is 6.07 Å². The summed E-state index contributed by atoms with van der Waals surface area (Å²) in [5.74, 6) is 0. The molecule has 1 nitrogen and oxygen atoms in total. The maximum absolute atomic E-state index is 3.54. The molecule has 0 saturated heterocycles. The van der Waals surface area contributed by atoms with Crippen molar-refractivity contribution < 1.29 is 0 Å². The van der Waals surface area contributed by atoms with Gasteiger partial charge in [-0.05, 0) is 46.9 Å². The number of benzene rings is 3. The standard InChI is InChI=1S/C21H17N/c1-3-8-16(9-4-1)18-14-15-20-19(18)12-7-13-21(20)22-17-10-5-2-6-11-17/h1-14,22H,15H2. The van der Waals surface area contributed by atoms with Crippen LogP contribution < -0.4 is 5.32 Å². The normalized spacial score (nSPS) is 12.6. The summed E-state index contributed by atoms with van der Waals surface area (Å²) in [6.07, 6.45) is 3.31. The van der Waals surface area contributed by atoms with Crippen molar-refractivity contribution in [2.24, 2.45) is 0 Å². The Balaban J connectivity index is 1.71. The van der Waals surface area contributed by atoms with Crippen LogP contribution >= 0.6 is 0 Å². The molecule has 1 heteroatoms. The molecule has 0 heterocycles. The van der Waals surface area contributed by atoms with Crippen LogP contribution in [-0.2, 0) is 6.42 Å². The van der Waals surface area contributed by atoms with Gasteiger partial charge < -0.3 is 5.32 Å². The quantitative estimate of drug-likeness (QED) is 0.677. The van der Waals surface area contributed by atoms with Crippen LogP contribution in [0.2, 0.25) is 0 Å². The summed E-state index contributed by atoms with van der Waals surface area (Å²) in [7, 11) is 0. The monoisotopic (exact) mass is 283 g/mol. The predicted octanol–water partition coefficient (Wildman–Crippen LogP) is 5.42. The molecule has 0 unspecified atom stereocenters. The van der Waals surface area contributed by atoms with E-state index in [4.69, 9.17) is 0 Å². The van der Waals surface area contributed by atoms with Gasteiger partial charge in [0, 0.05) is 11.4 Å². The van der Waals surface area contributed by atoms with Crippen LogP contribution in [0.4, 0.5) is 11.4 Å². The Bertz CT molecular complexity index is 817. The molecule has 0 saturated carbocycles. The van der Waals surface area contributed by atoms with Crippen molar-refractivity contribution in [3.63, 3.8) is 0 Å². The maximum atomic E-state index is 3.54. The van der Waals surface area contributed by atoms with Gasteiger partial charge in [-0.25, -0.2) is 0 Å². The molecule has 1 N–H and O–H groups in total. The molecule has 1 aliphatic rings. The van der Waals surface area contributed by atoms with Crippen LogP contribution in [-0.4, -0.2) is 0 Å². The third-order valence-electron chi connectivity index (χ3n) is 4.11. The highest BCUT2D eigenvalue weighted by atomic mass is 14.9. The summed E-state index contributed by atoms with van der Waals surface area (Å²) in [6, 6.07) is 27.5. The Labute approximate surface area is 130 Å². The predicted molar refractivity (Wildman–Crippen MR) is 93.4 cm³/mol. The van der Waals surface area contributed by atoms with Gasteiger partial charge in [-0.15, -0.1) is 0 Å². The summed E-state index contributed by atoms with van der Waals surface area (Å²) in [5, 5.41) is 3.54. The number of nitrogens with one attached hydrogen (secondary N) is 1. The SMILES string of the molecule is C1=C(c2ccccc2)c2cccc(Nc3ccccc3)c2C1. The van der Waals surface area contributed by atoms with Crippen LogP contribution in [0.1, 0.15) is 16.7 Å². The first-order valence-electron chi connectivity index (χ1n) is 7.62. The minimum atomic E-state index is 0.982. The van der Waals surface area contributed by atoms with Crippen molar-refractivity contribution >= 4 is 16.9 Å². The van der Waals surface area contributed by atoms with E-state index in [0.717, 1.165) is 12.1 Å². The summed E-state index contributed by atoms with van der Waals surface area (Å²) in [6.45, 7) is 0. The Kier molecular flexibility index (Phi) is 3.24. The molecule has 0 atom stereocenters. The molecule has 3 aromatic rings. The first-order valence-corrected chi connectivity index (χ1v) is 7.62. The van der Waals surface area contributed by atoms with E-state index in [2.05, 4.69) is 84.2 Å². The van der Waals surface area contributed by atoms with Crippen LogP contribution in [0.5, 0.6) is 0 Å². The summed E-state index contributed by atoms with van der Waals surface area (Å²) in [5.41, 5.74) is 7.68. The lowest BCUT2D eigenvalue weighted by Gasteiger charge is -2.13. The van der Waals surface area contributed by atoms with Crippen molar-refractivity contribution in [2.75, 3.05) is 5.32 Å². The van der Waals surface area contributed by atoms with Gasteiger partial charge in [-0.2, -0.15) is 0 Å². The zero-order valence-electron chi connectivity index (χ0n) is 12.3. The van der Waals surface area contributed by atoms with Crippen LogP contribution in [0.15, 0.2) is 84.9 Å². The zero-order chi connectivity index (χ0) is 14.8. The zero-order valence-corrected chi connectivity index (χ0v) is 12.3. The number of hydrogen-bond acceptors (Lipinski definition) is 1. The van der Waals surface area contributed by atoms with Gasteiger partial charge in [0.1, 0.15) is 0 Å². The molecule has 0 spiro atoms. The number of hydrogen-bond donors (Lipinski definition) is 1. The molecule has 1 aliphatic carbocycles. The van der Waals surface area contributed by atoms with Crippen LogP contribution in [0.3, 0.4) is 0 Å². The van der Waals surface area contributed by atoms with Gasteiger partial charge in [0.15, 0.2) is 0 Å². The summed E-state index contributed by atoms with van der Waals surface area (Å²) >= 11 is 0. The molecule has 0 amide bonds. The summed E-state index contributed by atoms with van der Waals surface area (Å²) < 4.78 is 0.